The van der Waals surface area contributed by atoms with Crippen molar-refractivity contribution in [1.29, 1.82) is 0 Å². The van der Waals surface area contributed by atoms with Gasteiger partial charge in [0, 0.05) is 36.6 Å². The van der Waals surface area contributed by atoms with E-state index in [1.165, 1.54) is 22.9 Å². The zero-order chi connectivity index (χ0) is 14.4. The first-order chi connectivity index (χ1) is 10.2. The van der Waals surface area contributed by atoms with Crippen molar-refractivity contribution in [3.8, 4) is 0 Å². The van der Waals surface area contributed by atoms with Crippen LogP contribution >= 0.6 is 0 Å². The van der Waals surface area contributed by atoms with Gasteiger partial charge in [0.25, 0.3) is 0 Å². The first-order valence-corrected chi connectivity index (χ1v) is 7.98. The van der Waals surface area contributed by atoms with Crippen LogP contribution in [0.5, 0.6) is 0 Å². The number of aryl methyl sites for hydroxylation is 1. The number of amides is 1. The molecule has 1 aliphatic carbocycles. The SMILES string of the molecule is CC12CC1CN(C(=O)CCCc1c[nH]c3ccccc13)C2. The maximum absolute atomic E-state index is 12.3. The molecular weight excluding hydrogens is 260 g/mol. The Hall–Kier alpha value is -1.77. The fourth-order valence-electron chi connectivity index (χ4n) is 3.87. The minimum Gasteiger partial charge on any atom is -0.361 e. The van der Waals surface area contributed by atoms with Gasteiger partial charge >= 0.3 is 0 Å². The normalized spacial score (nSPS) is 27.1. The van der Waals surface area contributed by atoms with Gasteiger partial charge in [-0.3, -0.25) is 4.79 Å². The summed E-state index contributed by atoms with van der Waals surface area (Å²) in [6, 6.07) is 8.37. The van der Waals surface area contributed by atoms with E-state index in [0.717, 1.165) is 31.8 Å². The number of H-pyrrole nitrogens is 1. The molecule has 1 saturated carbocycles. The molecule has 1 N–H and O–H groups in total. The summed E-state index contributed by atoms with van der Waals surface area (Å²) in [6.45, 7) is 4.31. The van der Waals surface area contributed by atoms with Gasteiger partial charge in [0.1, 0.15) is 0 Å². The second kappa shape index (κ2) is 4.62. The lowest BCUT2D eigenvalue weighted by molar-refractivity contribution is -0.131. The number of hydrogen-bond donors (Lipinski definition) is 1. The van der Waals surface area contributed by atoms with E-state index in [1.807, 2.05) is 6.07 Å². The van der Waals surface area contributed by atoms with Crippen LogP contribution in [0.3, 0.4) is 0 Å². The highest BCUT2D eigenvalue weighted by molar-refractivity contribution is 5.83. The zero-order valence-corrected chi connectivity index (χ0v) is 12.6. The first-order valence-electron chi connectivity index (χ1n) is 7.98. The highest BCUT2D eigenvalue weighted by Gasteiger charge is 2.56. The quantitative estimate of drug-likeness (QED) is 0.917. The van der Waals surface area contributed by atoms with E-state index in [2.05, 4.69) is 41.2 Å². The molecule has 2 aliphatic rings. The minimum absolute atomic E-state index is 0.350. The largest absolute Gasteiger partial charge is 0.361 e. The van der Waals surface area contributed by atoms with E-state index >= 15 is 0 Å². The zero-order valence-electron chi connectivity index (χ0n) is 12.6. The topological polar surface area (TPSA) is 36.1 Å². The molecule has 2 heterocycles. The molecule has 2 atom stereocenters. The average Bonchev–Trinajstić information content (AvgIpc) is 2.85. The number of para-hydroxylation sites is 1. The van der Waals surface area contributed by atoms with Crippen LogP contribution in [0.15, 0.2) is 30.5 Å². The van der Waals surface area contributed by atoms with Crippen molar-refractivity contribution in [2.24, 2.45) is 11.3 Å². The van der Waals surface area contributed by atoms with E-state index in [1.54, 1.807) is 0 Å². The van der Waals surface area contributed by atoms with Crippen LogP contribution in [0.25, 0.3) is 10.9 Å². The fourth-order valence-corrected chi connectivity index (χ4v) is 3.87. The third kappa shape index (κ3) is 2.25. The Kier molecular flexibility index (Phi) is 2.84. The standard InChI is InChI=1S/C18H22N2O/c1-18-9-14(18)11-20(12-18)17(21)8-4-5-13-10-19-16-7-3-2-6-15(13)16/h2-3,6-7,10,14,19H,4-5,8-9,11-12H2,1H3. The Morgan fingerprint density at radius 3 is 3.10 bits per heavy atom. The summed E-state index contributed by atoms with van der Waals surface area (Å²) >= 11 is 0. The molecule has 1 saturated heterocycles. The number of likely N-dealkylation sites (tertiary alicyclic amines) is 1. The van der Waals surface area contributed by atoms with E-state index in [4.69, 9.17) is 0 Å². The van der Waals surface area contributed by atoms with Gasteiger partial charge in [-0.25, -0.2) is 0 Å². The van der Waals surface area contributed by atoms with Crippen LogP contribution in [0.1, 0.15) is 31.7 Å². The van der Waals surface area contributed by atoms with Crippen LogP contribution in [-0.4, -0.2) is 28.9 Å². The van der Waals surface area contributed by atoms with Crippen molar-refractivity contribution in [2.45, 2.75) is 32.6 Å². The van der Waals surface area contributed by atoms with E-state index < -0.39 is 0 Å². The Labute approximate surface area is 125 Å². The predicted molar refractivity (Wildman–Crippen MR) is 84.0 cm³/mol. The number of aromatic nitrogens is 1. The monoisotopic (exact) mass is 282 g/mol. The van der Waals surface area contributed by atoms with Crippen LogP contribution in [0.4, 0.5) is 0 Å². The molecule has 1 aliphatic heterocycles. The van der Waals surface area contributed by atoms with Gasteiger partial charge in [-0.2, -0.15) is 0 Å². The van der Waals surface area contributed by atoms with Gasteiger partial charge < -0.3 is 9.88 Å². The molecule has 21 heavy (non-hydrogen) atoms. The molecule has 1 aromatic carbocycles. The smallest absolute Gasteiger partial charge is 0.222 e. The van der Waals surface area contributed by atoms with E-state index in [-0.39, 0.29) is 0 Å². The van der Waals surface area contributed by atoms with Crippen LogP contribution in [-0.2, 0) is 11.2 Å². The molecule has 1 aromatic heterocycles. The lowest BCUT2D eigenvalue weighted by Gasteiger charge is -2.19. The van der Waals surface area contributed by atoms with E-state index in [9.17, 15) is 4.79 Å². The number of carbonyl (C=O) groups excluding carboxylic acids is 1. The van der Waals surface area contributed by atoms with Gasteiger partial charge in [0.05, 0.1) is 0 Å². The lowest BCUT2D eigenvalue weighted by atomic mass is 10.1. The minimum atomic E-state index is 0.350. The van der Waals surface area contributed by atoms with Gasteiger partial charge in [0.15, 0.2) is 0 Å². The molecule has 0 radical (unpaired) electrons. The van der Waals surface area contributed by atoms with Crippen molar-refractivity contribution < 1.29 is 4.79 Å². The molecule has 2 aromatic rings. The van der Waals surface area contributed by atoms with Crippen LogP contribution in [0.2, 0.25) is 0 Å². The molecule has 3 heteroatoms. The van der Waals surface area contributed by atoms with Crippen LogP contribution < -0.4 is 0 Å². The third-order valence-electron chi connectivity index (χ3n) is 5.40. The predicted octanol–water partition coefficient (Wildman–Crippen LogP) is 3.36. The highest BCUT2D eigenvalue weighted by atomic mass is 16.2. The summed E-state index contributed by atoms with van der Waals surface area (Å²) in [5, 5.41) is 1.29. The Morgan fingerprint density at radius 1 is 1.43 bits per heavy atom. The maximum atomic E-state index is 12.3. The summed E-state index contributed by atoms with van der Waals surface area (Å²) in [5.74, 6) is 1.14. The second-order valence-electron chi connectivity index (χ2n) is 7.04. The maximum Gasteiger partial charge on any atom is 0.222 e. The molecule has 2 fully saturated rings. The van der Waals surface area contributed by atoms with Gasteiger partial charge in [-0.05, 0) is 42.2 Å². The summed E-state index contributed by atoms with van der Waals surface area (Å²) < 4.78 is 0. The Morgan fingerprint density at radius 2 is 2.29 bits per heavy atom. The summed E-state index contributed by atoms with van der Waals surface area (Å²) in [4.78, 5) is 17.7. The number of rotatable bonds is 4. The number of nitrogens with one attached hydrogen (secondary N) is 1. The number of piperidine rings is 1. The number of fused-ring (bicyclic) bond motifs is 2. The molecule has 4 rings (SSSR count). The number of aromatic amines is 1. The van der Waals surface area contributed by atoms with Gasteiger partial charge in [-0.1, -0.05) is 25.1 Å². The van der Waals surface area contributed by atoms with Crippen molar-refractivity contribution in [3.63, 3.8) is 0 Å². The molecule has 3 nitrogen and oxygen atoms in total. The summed E-state index contributed by atoms with van der Waals surface area (Å²) in [7, 11) is 0. The summed E-state index contributed by atoms with van der Waals surface area (Å²) in [6.07, 6.45) is 6.01. The number of carbonyl (C=O) groups is 1. The average molecular weight is 282 g/mol. The summed E-state index contributed by atoms with van der Waals surface area (Å²) in [5.41, 5.74) is 2.98. The number of benzene rings is 1. The first kappa shape index (κ1) is 12.9. The molecule has 0 bridgehead atoms. The van der Waals surface area contributed by atoms with Gasteiger partial charge in [-0.15, -0.1) is 0 Å². The van der Waals surface area contributed by atoms with E-state index in [0.29, 0.717) is 17.7 Å². The molecule has 1 amide bonds. The molecule has 110 valence electrons. The van der Waals surface area contributed by atoms with Crippen molar-refractivity contribution in [2.75, 3.05) is 13.1 Å². The third-order valence-corrected chi connectivity index (χ3v) is 5.40. The fraction of sp³-hybridized carbons (Fsp3) is 0.500. The van der Waals surface area contributed by atoms with Gasteiger partial charge in [0.2, 0.25) is 5.91 Å². The second-order valence-corrected chi connectivity index (χ2v) is 7.04. The van der Waals surface area contributed by atoms with Crippen molar-refractivity contribution >= 4 is 16.8 Å². The Balaban J connectivity index is 1.32. The highest BCUT2D eigenvalue weighted by Crippen LogP contribution is 2.57. The Bertz CT molecular complexity index is 689. The molecule has 2 unspecified atom stereocenters. The van der Waals surface area contributed by atoms with Crippen molar-refractivity contribution in [1.82, 2.24) is 9.88 Å². The number of nitrogens with zero attached hydrogens (tertiary/aromatic N) is 1. The van der Waals surface area contributed by atoms with Crippen molar-refractivity contribution in [3.05, 3.63) is 36.0 Å². The number of hydrogen-bond acceptors (Lipinski definition) is 1. The van der Waals surface area contributed by atoms with Crippen LogP contribution in [0, 0.1) is 11.3 Å². The molecule has 0 spiro atoms. The molecular formula is C18H22N2O. The lowest BCUT2D eigenvalue weighted by Crippen LogP contribution is -2.31.